The number of benzene rings is 2. The van der Waals surface area contributed by atoms with Crippen LogP contribution in [0.3, 0.4) is 0 Å². The van der Waals surface area contributed by atoms with Gasteiger partial charge in [0.1, 0.15) is 0 Å². The number of carbonyl (C=O) groups is 1. The first-order chi connectivity index (χ1) is 13.6. The molecule has 0 spiro atoms. The van der Waals surface area contributed by atoms with E-state index < -0.39 is 0 Å². The standard InChI is InChI=1S/C22H24N4O2/c1-3-25(4-2)20-11-9-18(10-12-20)21(27)24-19-8-5-7-17(15-19)16-26-14-6-13-23-22(26)28/h5-15H,3-4,16H2,1-2H3,(H,24,27). The zero-order chi connectivity index (χ0) is 19.9. The minimum Gasteiger partial charge on any atom is -0.372 e. The lowest BCUT2D eigenvalue weighted by Gasteiger charge is -2.21. The molecule has 0 fully saturated rings. The molecule has 0 atom stereocenters. The highest BCUT2D eigenvalue weighted by Gasteiger charge is 2.08. The van der Waals surface area contributed by atoms with Gasteiger partial charge in [0, 0.05) is 42.4 Å². The van der Waals surface area contributed by atoms with Gasteiger partial charge in [-0.05, 0) is 61.9 Å². The lowest BCUT2D eigenvalue weighted by Crippen LogP contribution is -2.22. The van der Waals surface area contributed by atoms with Crippen LogP contribution < -0.4 is 15.9 Å². The van der Waals surface area contributed by atoms with Gasteiger partial charge >= 0.3 is 5.69 Å². The minimum absolute atomic E-state index is 0.165. The summed E-state index contributed by atoms with van der Waals surface area (Å²) in [6, 6.07) is 16.8. The first-order valence-electron chi connectivity index (χ1n) is 9.37. The Morgan fingerprint density at radius 2 is 1.82 bits per heavy atom. The van der Waals surface area contributed by atoms with Crippen molar-refractivity contribution in [1.82, 2.24) is 9.55 Å². The number of anilines is 2. The van der Waals surface area contributed by atoms with Crippen molar-refractivity contribution >= 4 is 17.3 Å². The van der Waals surface area contributed by atoms with E-state index in [2.05, 4.69) is 29.0 Å². The first-order valence-corrected chi connectivity index (χ1v) is 9.37. The van der Waals surface area contributed by atoms with Crippen molar-refractivity contribution in [3.05, 3.63) is 88.6 Å². The van der Waals surface area contributed by atoms with Gasteiger partial charge in [0.2, 0.25) is 0 Å². The molecule has 6 nitrogen and oxygen atoms in total. The van der Waals surface area contributed by atoms with Crippen LogP contribution >= 0.6 is 0 Å². The molecule has 2 aromatic carbocycles. The van der Waals surface area contributed by atoms with Crippen molar-refractivity contribution in [1.29, 1.82) is 0 Å². The normalized spacial score (nSPS) is 10.5. The summed E-state index contributed by atoms with van der Waals surface area (Å²) in [5, 5.41) is 2.92. The van der Waals surface area contributed by atoms with Gasteiger partial charge in [-0.2, -0.15) is 0 Å². The average Bonchev–Trinajstić information content (AvgIpc) is 2.71. The van der Waals surface area contributed by atoms with Crippen molar-refractivity contribution in [2.45, 2.75) is 20.4 Å². The van der Waals surface area contributed by atoms with Crippen LogP contribution in [0.1, 0.15) is 29.8 Å². The number of nitrogens with zero attached hydrogens (tertiary/aromatic N) is 3. The number of rotatable bonds is 7. The van der Waals surface area contributed by atoms with Gasteiger partial charge in [0.15, 0.2) is 0 Å². The summed E-state index contributed by atoms with van der Waals surface area (Å²) in [7, 11) is 0. The minimum atomic E-state index is -0.301. The van der Waals surface area contributed by atoms with Crippen LogP contribution in [0.4, 0.5) is 11.4 Å². The molecule has 0 saturated heterocycles. The van der Waals surface area contributed by atoms with Crippen molar-refractivity contribution in [2.24, 2.45) is 0 Å². The number of nitrogens with one attached hydrogen (secondary N) is 1. The Bertz CT molecular complexity index is 992. The summed E-state index contributed by atoms with van der Waals surface area (Å²) in [6.45, 7) is 6.46. The second kappa shape index (κ2) is 8.99. The maximum atomic E-state index is 12.6. The molecule has 1 aromatic heterocycles. The van der Waals surface area contributed by atoms with E-state index in [-0.39, 0.29) is 11.6 Å². The fraction of sp³-hybridized carbons (Fsp3) is 0.227. The zero-order valence-electron chi connectivity index (χ0n) is 16.1. The van der Waals surface area contributed by atoms with Gasteiger partial charge < -0.3 is 10.2 Å². The highest BCUT2D eigenvalue weighted by molar-refractivity contribution is 6.04. The van der Waals surface area contributed by atoms with E-state index in [0.29, 0.717) is 17.8 Å². The van der Waals surface area contributed by atoms with E-state index in [9.17, 15) is 9.59 Å². The molecule has 3 rings (SSSR count). The highest BCUT2D eigenvalue weighted by Crippen LogP contribution is 2.17. The predicted octanol–water partition coefficient (Wildman–Crippen LogP) is 3.39. The predicted molar refractivity (Wildman–Crippen MR) is 112 cm³/mol. The third-order valence-corrected chi connectivity index (χ3v) is 4.58. The number of aromatic nitrogens is 2. The molecule has 1 amide bonds. The van der Waals surface area contributed by atoms with Crippen molar-refractivity contribution in [2.75, 3.05) is 23.3 Å². The van der Waals surface area contributed by atoms with Crippen LogP contribution in [0.2, 0.25) is 0 Å². The van der Waals surface area contributed by atoms with Gasteiger partial charge in [-0.25, -0.2) is 9.78 Å². The smallest absolute Gasteiger partial charge is 0.347 e. The maximum Gasteiger partial charge on any atom is 0.347 e. The zero-order valence-corrected chi connectivity index (χ0v) is 16.1. The molecule has 0 aliphatic carbocycles. The Morgan fingerprint density at radius 1 is 1.07 bits per heavy atom. The molecule has 0 aliphatic rings. The van der Waals surface area contributed by atoms with Crippen LogP contribution in [-0.4, -0.2) is 28.5 Å². The lowest BCUT2D eigenvalue weighted by molar-refractivity contribution is 0.102. The third-order valence-electron chi connectivity index (χ3n) is 4.58. The van der Waals surface area contributed by atoms with Crippen molar-refractivity contribution in [3.8, 4) is 0 Å². The van der Waals surface area contributed by atoms with E-state index >= 15 is 0 Å². The summed E-state index contributed by atoms with van der Waals surface area (Å²) in [5.74, 6) is -0.165. The van der Waals surface area contributed by atoms with E-state index in [1.807, 2.05) is 48.5 Å². The highest BCUT2D eigenvalue weighted by atomic mass is 16.2. The van der Waals surface area contributed by atoms with E-state index in [1.54, 1.807) is 12.3 Å². The number of amides is 1. The van der Waals surface area contributed by atoms with Gasteiger partial charge in [0.25, 0.3) is 5.91 Å². The van der Waals surface area contributed by atoms with Crippen LogP contribution in [0.5, 0.6) is 0 Å². The first kappa shape index (κ1) is 19.4. The lowest BCUT2D eigenvalue weighted by atomic mass is 10.1. The quantitative estimate of drug-likeness (QED) is 0.686. The molecule has 0 aliphatic heterocycles. The largest absolute Gasteiger partial charge is 0.372 e. The van der Waals surface area contributed by atoms with Crippen molar-refractivity contribution < 1.29 is 4.79 Å². The topological polar surface area (TPSA) is 67.2 Å². The molecule has 1 N–H and O–H groups in total. The molecule has 3 aromatic rings. The Balaban J connectivity index is 1.70. The fourth-order valence-corrected chi connectivity index (χ4v) is 3.07. The fourth-order valence-electron chi connectivity index (χ4n) is 3.07. The average molecular weight is 376 g/mol. The second-order valence-corrected chi connectivity index (χ2v) is 6.40. The van der Waals surface area contributed by atoms with Crippen LogP contribution in [0.15, 0.2) is 71.8 Å². The molecule has 0 unspecified atom stereocenters. The summed E-state index contributed by atoms with van der Waals surface area (Å²) in [6.07, 6.45) is 3.17. The van der Waals surface area contributed by atoms with Gasteiger partial charge in [0.05, 0.1) is 6.54 Å². The van der Waals surface area contributed by atoms with E-state index in [4.69, 9.17) is 0 Å². The van der Waals surface area contributed by atoms with Gasteiger partial charge in [-0.15, -0.1) is 0 Å². The van der Waals surface area contributed by atoms with E-state index in [0.717, 1.165) is 24.3 Å². The summed E-state index contributed by atoms with van der Waals surface area (Å²) < 4.78 is 1.52. The van der Waals surface area contributed by atoms with Crippen LogP contribution in [-0.2, 0) is 6.54 Å². The number of carbonyl (C=O) groups excluding carboxylic acids is 1. The summed E-state index contributed by atoms with van der Waals surface area (Å²) in [5.41, 5.74) is 3.00. The Kier molecular flexibility index (Phi) is 6.22. The molecule has 6 heteroatoms. The number of hydrogen-bond donors (Lipinski definition) is 1. The SMILES string of the molecule is CCN(CC)c1ccc(C(=O)Nc2cccc(Cn3cccnc3=O)c2)cc1. The second-order valence-electron chi connectivity index (χ2n) is 6.40. The molecular weight excluding hydrogens is 352 g/mol. The number of hydrogen-bond acceptors (Lipinski definition) is 4. The summed E-state index contributed by atoms with van der Waals surface area (Å²) in [4.78, 5) is 30.3. The Labute approximate surface area is 164 Å². The molecule has 28 heavy (non-hydrogen) atoms. The third kappa shape index (κ3) is 4.65. The van der Waals surface area contributed by atoms with Gasteiger partial charge in [-0.3, -0.25) is 9.36 Å². The van der Waals surface area contributed by atoms with Gasteiger partial charge in [-0.1, -0.05) is 12.1 Å². The molecular formula is C22H24N4O2. The van der Waals surface area contributed by atoms with Crippen LogP contribution in [0, 0.1) is 0 Å². The van der Waals surface area contributed by atoms with Crippen LogP contribution in [0.25, 0.3) is 0 Å². The molecule has 0 saturated carbocycles. The summed E-state index contributed by atoms with van der Waals surface area (Å²) >= 11 is 0. The molecule has 144 valence electrons. The van der Waals surface area contributed by atoms with E-state index in [1.165, 1.54) is 10.8 Å². The maximum absolute atomic E-state index is 12.6. The van der Waals surface area contributed by atoms with Crippen molar-refractivity contribution in [3.63, 3.8) is 0 Å². The molecule has 0 radical (unpaired) electrons. The monoisotopic (exact) mass is 376 g/mol. The Hall–Kier alpha value is -3.41. The molecule has 1 heterocycles. The Morgan fingerprint density at radius 3 is 2.50 bits per heavy atom. The molecule has 0 bridgehead atoms.